The number of hydrogen-bond donors (Lipinski definition) is 9. The molecule has 0 saturated heterocycles. The number of phenols is 6. The molecule has 0 radical (unpaired) electrons. The van der Waals surface area contributed by atoms with Crippen LogP contribution in [0.5, 0.6) is 34.5 Å². The molecule has 0 fully saturated rings. The number of aromatic hydroxyl groups is 6. The number of aliphatic carboxylic acids is 3. The van der Waals surface area contributed by atoms with Gasteiger partial charge in [0.05, 0.1) is 0 Å². The minimum atomic E-state index is -2.37. The summed E-state index contributed by atoms with van der Waals surface area (Å²) in [6.45, 7) is 3.31. The molecule has 4 rings (SSSR count). The molecule has 0 saturated carbocycles. The number of carboxylic acids is 3. The molecule has 0 spiro atoms. The van der Waals surface area contributed by atoms with Gasteiger partial charge in [-0.15, -0.1) is 0 Å². The van der Waals surface area contributed by atoms with E-state index in [1.807, 2.05) is 0 Å². The van der Waals surface area contributed by atoms with Crippen LogP contribution in [0, 0.1) is 13.8 Å². The quantitative estimate of drug-likeness (QED) is 0.0351. The van der Waals surface area contributed by atoms with Crippen molar-refractivity contribution < 1.29 is 88.9 Å². The lowest BCUT2D eigenvalue weighted by molar-refractivity contribution is -0.183. The van der Waals surface area contributed by atoms with Crippen LogP contribution in [-0.4, -0.2) is 94.0 Å². The third kappa shape index (κ3) is 14.3. The van der Waals surface area contributed by atoms with Crippen molar-refractivity contribution in [3.05, 3.63) is 124 Å². The van der Waals surface area contributed by atoms with Crippen LogP contribution >= 0.6 is 0 Å². The van der Waals surface area contributed by atoms with Crippen LogP contribution in [0.25, 0.3) is 18.2 Å². The van der Waals surface area contributed by atoms with Gasteiger partial charge in [0.2, 0.25) is 18.3 Å². The normalized spacial score (nSPS) is 12.3. The van der Waals surface area contributed by atoms with Gasteiger partial charge in [-0.1, -0.05) is 43.8 Å². The highest BCUT2D eigenvalue weighted by Crippen LogP contribution is 2.28. The molecule has 0 aromatic heterocycles. The van der Waals surface area contributed by atoms with E-state index in [1.54, 1.807) is 26.0 Å². The molecular formula is C42H40O18. The van der Waals surface area contributed by atoms with E-state index in [0.717, 1.165) is 36.4 Å². The van der Waals surface area contributed by atoms with Crippen molar-refractivity contribution in [1.29, 1.82) is 0 Å². The van der Waals surface area contributed by atoms with Crippen molar-refractivity contribution in [1.82, 2.24) is 0 Å². The predicted octanol–water partition coefficient (Wildman–Crippen LogP) is 4.96. The number of rotatable bonds is 14. The monoisotopic (exact) mass is 832 g/mol. The molecule has 18 nitrogen and oxygen atoms in total. The second kappa shape index (κ2) is 21.9. The summed E-state index contributed by atoms with van der Waals surface area (Å²) in [6.07, 6.45) is -0.121. The number of carbonyl (C=O) groups is 6. The van der Waals surface area contributed by atoms with Gasteiger partial charge in [0.1, 0.15) is 11.5 Å². The second-order valence-electron chi connectivity index (χ2n) is 12.1. The van der Waals surface area contributed by atoms with Crippen molar-refractivity contribution in [2.75, 3.05) is 0 Å². The summed E-state index contributed by atoms with van der Waals surface area (Å²) in [5.41, 5.74) is 2.32. The van der Waals surface area contributed by atoms with Gasteiger partial charge in [-0.2, -0.15) is 0 Å². The smallest absolute Gasteiger partial charge is 0.349 e. The number of phenolic OH excluding ortho intramolecular Hbond substituents is 6. The number of esters is 3. The number of carbonyl (C=O) groups excluding carboxylic acids is 3. The van der Waals surface area contributed by atoms with Gasteiger partial charge >= 0.3 is 35.8 Å². The Morgan fingerprint density at radius 1 is 0.450 bits per heavy atom. The molecule has 0 amide bonds. The molecule has 9 N–H and O–H groups in total. The summed E-state index contributed by atoms with van der Waals surface area (Å²) >= 11 is 0. The van der Waals surface area contributed by atoms with E-state index >= 15 is 0 Å². The molecular weight excluding hydrogens is 792 g/mol. The number of ether oxygens (including phenoxy) is 3. The van der Waals surface area contributed by atoms with Gasteiger partial charge in [-0.3, -0.25) is 0 Å². The molecule has 18 heteroatoms. The highest BCUT2D eigenvalue weighted by molar-refractivity contribution is 5.94. The van der Waals surface area contributed by atoms with E-state index in [4.69, 9.17) is 4.74 Å². The first-order chi connectivity index (χ1) is 27.7. The van der Waals surface area contributed by atoms with E-state index in [9.17, 15) is 74.7 Å². The fraction of sp³-hybridized carbons (Fsp3) is 0.143. The summed E-state index contributed by atoms with van der Waals surface area (Å²) in [4.78, 5) is 70.3. The first-order valence-corrected chi connectivity index (χ1v) is 16.7. The highest BCUT2D eigenvalue weighted by atomic mass is 16.6. The Hall–Kier alpha value is -8.28. The Kier molecular flexibility index (Phi) is 17.4. The SMILES string of the molecule is C.Cc1ccc(/C=C/C(=O)OC(C(=O)O)C(OC(=O)/C=C/c2ccc(O)c(O)c2)C(=O)O)cc1O.Cc1ccc(C(OC(=O)/C=C/c2ccc(O)c(O)c2)C(=O)O)cc1O. The third-order valence-electron chi connectivity index (χ3n) is 7.71. The molecule has 0 aliphatic rings. The van der Waals surface area contributed by atoms with E-state index in [0.29, 0.717) is 22.3 Å². The molecule has 0 aliphatic heterocycles. The van der Waals surface area contributed by atoms with Crippen molar-refractivity contribution in [3.8, 4) is 34.5 Å². The predicted molar refractivity (Wildman–Crippen MR) is 211 cm³/mol. The fourth-order valence-electron chi connectivity index (χ4n) is 4.53. The maximum atomic E-state index is 12.0. The third-order valence-corrected chi connectivity index (χ3v) is 7.71. The van der Waals surface area contributed by atoms with Gasteiger partial charge < -0.3 is 60.2 Å². The van der Waals surface area contributed by atoms with Crippen LogP contribution in [-0.2, 0) is 43.0 Å². The minimum Gasteiger partial charge on any atom is -0.508 e. The minimum absolute atomic E-state index is 0. The largest absolute Gasteiger partial charge is 0.508 e. The van der Waals surface area contributed by atoms with Gasteiger partial charge in [0.25, 0.3) is 0 Å². The van der Waals surface area contributed by atoms with Crippen LogP contribution in [0.1, 0.15) is 46.9 Å². The zero-order valence-corrected chi connectivity index (χ0v) is 30.8. The summed E-state index contributed by atoms with van der Waals surface area (Å²) in [7, 11) is 0. The van der Waals surface area contributed by atoms with Crippen LogP contribution < -0.4 is 0 Å². The topological polar surface area (TPSA) is 312 Å². The molecule has 3 unspecified atom stereocenters. The Bertz CT molecular complexity index is 2230. The average Bonchev–Trinajstić information content (AvgIpc) is 3.17. The summed E-state index contributed by atoms with van der Waals surface area (Å²) in [5, 5.41) is 84.5. The number of carboxylic acid groups (broad SMARTS) is 3. The Morgan fingerprint density at radius 3 is 1.15 bits per heavy atom. The molecule has 4 aromatic rings. The molecule has 0 aliphatic carbocycles. The summed E-state index contributed by atoms with van der Waals surface area (Å²) < 4.78 is 14.2. The van der Waals surface area contributed by atoms with Crippen LogP contribution in [0.3, 0.4) is 0 Å². The Morgan fingerprint density at radius 2 is 0.800 bits per heavy atom. The number of benzene rings is 4. The summed E-state index contributed by atoms with van der Waals surface area (Å²) in [5.74, 6) is -10.2. The lowest BCUT2D eigenvalue weighted by atomic mass is 10.1. The van der Waals surface area contributed by atoms with E-state index in [1.165, 1.54) is 60.7 Å². The molecule has 316 valence electrons. The van der Waals surface area contributed by atoms with Crippen LogP contribution in [0.15, 0.2) is 91.0 Å². The fourth-order valence-corrected chi connectivity index (χ4v) is 4.53. The zero-order valence-electron chi connectivity index (χ0n) is 30.8. The van der Waals surface area contributed by atoms with Crippen LogP contribution in [0.2, 0.25) is 0 Å². The number of aryl methyl sites for hydroxylation is 2. The van der Waals surface area contributed by atoms with Crippen molar-refractivity contribution in [2.24, 2.45) is 0 Å². The van der Waals surface area contributed by atoms with Gasteiger partial charge in [0.15, 0.2) is 23.0 Å². The lowest BCUT2D eigenvalue weighted by Gasteiger charge is -2.19. The molecule has 0 bridgehead atoms. The highest BCUT2D eigenvalue weighted by Gasteiger charge is 2.40. The molecule has 3 atom stereocenters. The maximum Gasteiger partial charge on any atom is 0.349 e. The van der Waals surface area contributed by atoms with Crippen molar-refractivity contribution >= 4 is 54.0 Å². The van der Waals surface area contributed by atoms with E-state index in [-0.39, 0.29) is 41.6 Å². The van der Waals surface area contributed by atoms with Gasteiger partial charge in [-0.05, 0) is 96.3 Å². The van der Waals surface area contributed by atoms with E-state index < -0.39 is 65.6 Å². The first-order valence-electron chi connectivity index (χ1n) is 16.7. The lowest BCUT2D eigenvalue weighted by Crippen LogP contribution is -2.45. The Balaban J connectivity index is 0.000000425. The molecule has 0 heterocycles. The molecule has 4 aromatic carbocycles. The summed E-state index contributed by atoms with van der Waals surface area (Å²) in [6, 6.07) is 16.2. The van der Waals surface area contributed by atoms with Gasteiger partial charge in [0, 0.05) is 23.8 Å². The molecule has 60 heavy (non-hydrogen) atoms. The van der Waals surface area contributed by atoms with Crippen LogP contribution in [0.4, 0.5) is 0 Å². The van der Waals surface area contributed by atoms with E-state index in [2.05, 4.69) is 9.47 Å². The Labute approximate surface area is 341 Å². The van der Waals surface area contributed by atoms with Crippen molar-refractivity contribution in [3.63, 3.8) is 0 Å². The average molecular weight is 833 g/mol. The zero-order chi connectivity index (χ0) is 44.0. The number of hydrogen-bond acceptors (Lipinski definition) is 15. The standard InChI is InChI=1S/C23H20O11.C18H16O7.CH4/c1-12-2-3-13(10-16(12)25)5-8-18(27)33-20(22(29)30)21(23(31)32)34-19(28)9-6-14-4-7-15(24)17(26)11-14;1-10-2-5-12(9-14(10)20)17(18(23)24)25-16(22)7-4-11-3-6-13(19)15(21)8-11;/h2-11,20-21,24-26H,1H3,(H,29,30)(H,31,32);2-9,17,19-21H,1H3,(H,23,24);1H4/b8-5+,9-6+;7-4+;. The first kappa shape index (κ1) is 47.9. The second-order valence-corrected chi connectivity index (χ2v) is 12.1. The van der Waals surface area contributed by atoms with Gasteiger partial charge in [-0.25, -0.2) is 28.8 Å². The van der Waals surface area contributed by atoms with Crippen molar-refractivity contribution in [2.45, 2.75) is 39.6 Å². The maximum absolute atomic E-state index is 12.0.